The molecule has 3 rings (SSSR count). The van der Waals surface area contributed by atoms with E-state index in [1.165, 1.54) is 25.1 Å². The van der Waals surface area contributed by atoms with Gasteiger partial charge in [0.2, 0.25) is 0 Å². The first kappa shape index (κ1) is 16.4. The Labute approximate surface area is 135 Å². The highest BCUT2D eigenvalue weighted by Gasteiger charge is 2.39. The molecule has 23 heavy (non-hydrogen) atoms. The van der Waals surface area contributed by atoms with E-state index in [1.54, 1.807) is 12.1 Å². The molecule has 8 heteroatoms. The molecule has 2 N–H and O–H groups in total. The van der Waals surface area contributed by atoms with E-state index in [9.17, 15) is 13.2 Å². The molecule has 0 radical (unpaired) electrons. The summed E-state index contributed by atoms with van der Waals surface area (Å²) in [5, 5.41) is 9.04. The standard InChI is InChI=1S/C15H21N3O4S/c19-15(20)10-18(9-11-4-5-11)13-7-12(8-13)17-23(21,22)14-3-1-2-6-16-14/h1-3,6,11-13,17H,4-5,7-10H2,(H,19,20). The Morgan fingerprint density at radius 2 is 2.09 bits per heavy atom. The Balaban J connectivity index is 1.54. The van der Waals surface area contributed by atoms with Gasteiger partial charge in [0.05, 0.1) is 6.54 Å². The molecule has 0 saturated heterocycles. The fourth-order valence-corrected chi connectivity index (χ4v) is 4.13. The van der Waals surface area contributed by atoms with E-state index < -0.39 is 16.0 Å². The highest BCUT2D eigenvalue weighted by Crippen LogP contribution is 2.34. The molecule has 0 unspecified atom stereocenters. The Morgan fingerprint density at radius 1 is 1.35 bits per heavy atom. The number of aromatic nitrogens is 1. The smallest absolute Gasteiger partial charge is 0.317 e. The number of carboxylic acids is 1. The van der Waals surface area contributed by atoms with Crippen molar-refractivity contribution >= 4 is 16.0 Å². The van der Waals surface area contributed by atoms with Gasteiger partial charge in [0.15, 0.2) is 5.03 Å². The molecule has 2 aliphatic carbocycles. The minimum atomic E-state index is -3.60. The van der Waals surface area contributed by atoms with Gasteiger partial charge in [-0.2, -0.15) is 0 Å². The van der Waals surface area contributed by atoms with Crippen molar-refractivity contribution in [3.05, 3.63) is 24.4 Å². The van der Waals surface area contributed by atoms with Crippen molar-refractivity contribution in [1.29, 1.82) is 0 Å². The Bertz CT molecular complexity index is 655. The second-order valence-corrected chi connectivity index (χ2v) is 8.04. The van der Waals surface area contributed by atoms with E-state index in [2.05, 4.69) is 9.71 Å². The molecule has 0 spiro atoms. The second-order valence-electron chi connectivity index (χ2n) is 6.38. The highest BCUT2D eigenvalue weighted by atomic mass is 32.2. The lowest BCUT2D eigenvalue weighted by molar-refractivity contribution is -0.139. The monoisotopic (exact) mass is 339 g/mol. The molecule has 0 aromatic carbocycles. The topological polar surface area (TPSA) is 99.6 Å². The normalized spacial score (nSPS) is 24.4. The Kier molecular flexibility index (Phi) is 4.65. The van der Waals surface area contributed by atoms with Crippen molar-refractivity contribution in [2.24, 2.45) is 5.92 Å². The predicted molar refractivity (Wildman–Crippen MR) is 83.3 cm³/mol. The number of sulfonamides is 1. The van der Waals surface area contributed by atoms with Crippen LogP contribution in [0.25, 0.3) is 0 Å². The van der Waals surface area contributed by atoms with E-state index in [0.29, 0.717) is 18.8 Å². The van der Waals surface area contributed by atoms with Crippen molar-refractivity contribution in [3.63, 3.8) is 0 Å². The van der Waals surface area contributed by atoms with Crippen LogP contribution in [0, 0.1) is 5.92 Å². The fraction of sp³-hybridized carbons (Fsp3) is 0.600. The van der Waals surface area contributed by atoms with Gasteiger partial charge in [-0.05, 0) is 43.7 Å². The van der Waals surface area contributed by atoms with Gasteiger partial charge in [-0.3, -0.25) is 9.69 Å². The number of nitrogens with zero attached hydrogens (tertiary/aromatic N) is 2. The molecule has 2 saturated carbocycles. The molecule has 1 aromatic heterocycles. The van der Waals surface area contributed by atoms with Crippen molar-refractivity contribution in [2.75, 3.05) is 13.1 Å². The van der Waals surface area contributed by atoms with Crippen LogP contribution in [0.3, 0.4) is 0 Å². The number of pyridine rings is 1. The SMILES string of the molecule is O=C(O)CN(CC1CC1)C1CC(NS(=O)(=O)c2ccccn2)C1. The fourth-order valence-electron chi connectivity index (χ4n) is 2.92. The van der Waals surface area contributed by atoms with Gasteiger partial charge in [0.25, 0.3) is 10.0 Å². The van der Waals surface area contributed by atoms with Gasteiger partial charge in [-0.15, -0.1) is 0 Å². The number of aliphatic carboxylic acids is 1. The summed E-state index contributed by atoms with van der Waals surface area (Å²) in [6, 6.07) is 4.75. The van der Waals surface area contributed by atoms with Crippen molar-refractivity contribution < 1.29 is 18.3 Å². The third-order valence-corrected chi connectivity index (χ3v) is 5.83. The van der Waals surface area contributed by atoms with Crippen LogP contribution in [-0.2, 0) is 14.8 Å². The molecule has 0 bridgehead atoms. The lowest BCUT2D eigenvalue weighted by atomic mass is 9.86. The number of carboxylic acid groups (broad SMARTS) is 1. The van der Waals surface area contributed by atoms with Crippen LogP contribution in [0.1, 0.15) is 25.7 Å². The molecule has 1 aromatic rings. The first-order valence-corrected chi connectivity index (χ1v) is 9.31. The Hall–Kier alpha value is -1.51. The zero-order valence-corrected chi connectivity index (χ0v) is 13.6. The Morgan fingerprint density at radius 3 is 2.65 bits per heavy atom. The van der Waals surface area contributed by atoms with Crippen molar-refractivity contribution in [2.45, 2.75) is 42.8 Å². The van der Waals surface area contributed by atoms with E-state index in [1.807, 2.05) is 4.90 Å². The summed E-state index contributed by atoms with van der Waals surface area (Å²) >= 11 is 0. The molecule has 7 nitrogen and oxygen atoms in total. The number of carbonyl (C=O) groups is 1. The summed E-state index contributed by atoms with van der Waals surface area (Å²) < 4.78 is 27.0. The second kappa shape index (κ2) is 6.54. The van der Waals surface area contributed by atoms with Gasteiger partial charge >= 0.3 is 5.97 Å². The van der Waals surface area contributed by atoms with Crippen molar-refractivity contribution in [3.8, 4) is 0 Å². The van der Waals surface area contributed by atoms with Crippen LogP contribution >= 0.6 is 0 Å². The first-order valence-electron chi connectivity index (χ1n) is 7.83. The number of nitrogens with one attached hydrogen (secondary N) is 1. The van der Waals surface area contributed by atoms with Crippen LogP contribution in [0.2, 0.25) is 0 Å². The lowest BCUT2D eigenvalue weighted by Crippen LogP contribution is -2.55. The molecule has 1 heterocycles. The zero-order chi connectivity index (χ0) is 16.4. The lowest BCUT2D eigenvalue weighted by Gasteiger charge is -2.42. The molecular weight excluding hydrogens is 318 g/mol. The van der Waals surface area contributed by atoms with E-state index >= 15 is 0 Å². The maximum absolute atomic E-state index is 12.2. The van der Waals surface area contributed by atoms with Crippen LogP contribution in [0.4, 0.5) is 0 Å². The van der Waals surface area contributed by atoms with Crippen LogP contribution in [0.15, 0.2) is 29.4 Å². The molecule has 126 valence electrons. The number of hydrogen-bond acceptors (Lipinski definition) is 5. The summed E-state index contributed by atoms with van der Waals surface area (Å²) in [5.41, 5.74) is 0. The summed E-state index contributed by atoms with van der Waals surface area (Å²) in [5.74, 6) is -0.221. The summed E-state index contributed by atoms with van der Waals surface area (Å²) in [6.07, 6.45) is 5.07. The van der Waals surface area contributed by atoms with Gasteiger partial charge in [-0.25, -0.2) is 18.1 Å². The average Bonchev–Trinajstić information content (AvgIpc) is 3.26. The predicted octanol–water partition coefficient (Wildman–Crippen LogP) is 0.688. The highest BCUT2D eigenvalue weighted by molar-refractivity contribution is 7.89. The van der Waals surface area contributed by atoms with E-state index in [-0.39, 0.29) is 23.7 Å². The van der Waals surface area contributed by atoms with Crippen LogP contribution < -0.4 is 4.72 Å². The van der Waals surface area contributed by atoms with Crippen LogP contribution in [-0.4, -0.2) is 54.6 Å². The number of hydrogen-bond donors (Lipinski definition) is 2. The van der Waals surface area contributed by atoms with Crippen molar-refractivity contribution in [1.82, 2.24) is 14.6 Å². The minimum Gasteiger partial charge on any atom is -0.480 e. The third kappa shape index (κ3) is 4.27. The molecule has 2 fully saturated rings. The number of rotatable bonds is 8. The quantitative estimate of drug-likeness (QED) is 0.723. The van der Waals surface area contributed by atoms with E-state index in [0.717, 1.165) is 6.54 Å². The average molecular weight is 339 g/mol. The summed E-state index contributed by atoms with van der Waals surface area (Å²) in [4.78, 5) is 16.8. The summed E-state index contributed by atoms with van der Waals surface area (Å²) in [6.45, 7) is 0.831. The van der Waals surface area contributed by atoms with Gasteiger partial charge in [-0.1, -0.05) is 6.07 Å². The molecular formula is C15H21N3O4S. The van der Waals surface area contributed by atoms with E-state index in [4.69, 9.17) is 5.11 Å². The molecule has 0 aliphatic heterocycles. The van der Waals surface area contributed by atoms with Crippen LogP contribution in [0.5, 0.6) is 0 Å². The first-order chi connectivity index (χ1) is 10.9. The molecule has 0 amide bonds. The maximum atomic E-state index is 12.2. The third-order valence-electron chi connectivity index (χ3n) is 4.39. The zero-order valence-electron chi connectivity index (χ0n) is 12.8. The molecule has 2 aliphatic rings. The minimum absolute atomic E-state index is 0.0174. The maximum Gasteiger partial charge on any atom is 0.317 e. The largest absolute Gasteiger partial charge is 0.480 e. The molecule has 0 atom stereocenters. The van der Waals surface area contributed by atoms with Gasteiger partial charge in [0, 0.05) is 24.8 Å². The van der Waals surface area contributed by atoms with Gasteiger partial charge in [0.1, 0.15) is 0 Å². The van der Waals surface area contributed by atoms with Gasteiger partial charge < -0.3 is 5.11 Å². The summed E-state index contributed by atoms with van der Waals surface area (Å²) in [7, 11) is -3.60.